The quantitative estimate of drug-likeness (QED) is 0.260. The molecule has 1 aliphatic rings. The average molecular weight is 474 g/mol. The third-order valence-corrected chi connectivity index (χ3v) is 11.7. The first-order chi connectivity index (χ1) is 16.3. The minimum atomic E-state index is -2.55. The molecule has 3 aromatic rings. The predicted molar refractivity (Wildman–Crippen MR) is 140 cm³/mol. The highest BCUT2D eigenvalue weighted by Crippen LogP contribution is 2.37. The summed E-state index contributed by atoms with van der Waals surface area (Å²) in [4.78, 5) is 14.8. The molecule has 3 atom stereocenters. The zero-order valence-electron chi connectivity index (χ0n) is 20.6. The molecule has 1 fully saturated rings. The summed E-state index contributed by atoms with van der Waals surface area (Å²) in [5.41, 5.74) is 1.01. The van der Waals surface area contributed by atoms with Gasteiger partial charge in [0.05, 0.1) is 0 Å². The number of hydrogen-bond acceptors (Lipinski definition) is 4. The van der Waals surface area contributed by atoms with Gasteiger partial charge in [-0.25, -0.2) is 0 Å². The summed E-state index contributed by atoms with van der Waals surface area (Å²) in [6.07, 6.45) is -0.246. The van der Waals surface area contributed by atoms with Gasteiger partial charge in [0.2, 0.25) is 0 Å². The number of nitrogens with zero attached hydrogens (tertiary/aromatic N) is 1. The Labute approximate surface area is 204 Å². The highest BCUT2D eigenvalue weighted by Gasteiger charge is 2.50. The molecule has 1 aliphatic heterocycles. The molecule has 0 saturated carbocycles. The molecule has 1 saturated heterocycles. The number of carbonyl (C=O) groups is 1. The fourth-order valence-electron chi connectivity index (χ4n) is 4.77. The van der Waals surface area contributed by atoms with Crippen molar-refractivity contribution in [3.8, 4) is 0 Å². The standard InChI is InChI=1S/C29H35NO3Si/c1-23(24-14-8-5-9-15-24)33-28(31)27-22-30(27)20-21-32-34(29(2,3)4,25-16-10-6-11-17-25)26-18-12-7-13-19-26/h5-19,23,27H,20-22H2,1-4H3/t23?,27?,30-/m0/s1. The van der Waals surface area contributed by atoms with Crippen LogP contribution in [0.4, 0.5) is 0 Å². The molecule has 34 heavy (non-hydrogen) atoms. The van der Waals surface area contributed by atoms with Crippen molar-refractivity contribution in [2.45, 2.75) is 44.9 Å². The normalized spacial score (nSPS) is 18.8. The van der Waals surface area contributed by atoms with E-state index in [1.807, 2.05) is 37.3 Å². The van der Waals surface area contributed by atoms with Gasteiger partial charge in [-0.3, -0.25) is 9.69 Å². The van der Waals surface area contributed by atoms with Gasteiger partial charge in [-0.2, -0.15) is 0 Å². The SMILES string of the molecule is CC(OC(=O)C1C[N@]1CCO[Si](c1ccccc1)(c1ccccc1)C(C)(C)C)c1ccccc1. The van der Waals surface area contributed by atoms with Crippen molar-refractivity contribution < 1.29 is 14.0 Å². The first kappa shape index (κ1) is 24.4. The second-order valence-electron chi connectivity index (χ2n) is 10.0. The molecule has 0 spiro atoms. The van der Waals surface area contributed by atoms with Crippen LogP contribution in [0.2, 0.25) is 5.04 Å². The second kappa shape index (κ2) is 10.3. The molecule has 4 nitrogen and oxygen atoms in total. The van der Waals surface area contributed by atoms with Gasteiger partial charge < -0.3 is 9.16 Å². The zero-order valence-corrected chi connectivity index (χ0v) is 21.6. The molecule has 0 bridgehead atoms. The monoisotopic (exact) mass is 473 g/mol. The van der Waals surface area contributed by atoms with E-state index in [0.717, 1.165) is 12.1 Å². The van der Waals surface area contributed by atoms with E-state index in [9.17, 15) is 4.79 Å². The van der Waals surface area contributed by atoms with Crippen molar-refractivity contribution in [2.24, 2.45) is 0 Å². The van der Waals surface area contributed by atoms with Crippen LogP contribution in [0.1, 0.15) is 39.4 Å². The molecular formula is C29H35NO3Si. The number of hydrogen-bond donors (Lipinski definition) is 0. The summed E-state index contributed by atoms with van der Waals surface area (Å²) in [6.45, 7) is 10.8. The largest absolute Gasteiger partial charge is 0.457 e. The molecule has 1 heterocycles. The molecule has 5 heteroatoms. The van der Waals surface area contributed by atoms with Gasteiger partial charge in [-0.05, 0) is 27.9 Å². The van der Waals surface area contributed by atoms with E-state index in [-0.39, 0.29) is 23.2 Å². The molecule has 3 aromatic carbocycles. The van der Waals surface area contributed by atoms with Crippen LogP contribution < -0.4 is 10.4 Å². The molecule has 0 aliphatic carbocycles. The van der Waals surface area contributed by atoms with Crippen molar-refractivity contribution in [1.82, 2.24) is 4.90 Å². The molecule has 0 amide bonds. The fourth-order valence-corrected chi connectivity index (χ4v) is 9.32. The lowest BCUT2D eigenvalue weighted by Gasteiger charge is -2.43. The highest BCUT2D eigenvalue weighted by atomic mass is 28.4. The summed E-state index contributed by atoms with van der Waals surface area (Å²) >= 11 is 0. The first-order valence-electron chi connectivity index (χ1n) is 12.1. The lowest BCUT2D eigenvalue weighted by molar-refractivity contribution is -0.148. The third kappa shape index (κ3) is 5.17. The molecule has 178 valence electrons. The maximum Gasteiger partial charge on any atom is 0.325 e. The van der Waals surface area contributed by atoms with Crippen LogP contribution in [0.5, 0.6) is 0 Å². The summed E-state index contributed by atoms with van der Waals surface area (Å²) in [5.74, 6) is -0.151. The van der Waals surface area contributed by atoms with E-state index < -0.39 is 8.32 Å². The molecular weight excluding hydrogens is 438 g/mol. The Kier molecular flexibility index (Phi) is 7.36. The number of rotatable bonds is 9. The summed E-state index contributed by atoms with van der Waals surface area (Å²) in [5, 5.41) is 2.48. The van der Waals surface area contributed by atoms with Crippen molar-refractivity contribution in [1.29, 1.82) is 0 Å². The number of carbonyl (C=O) groups excluding carboxylic acids is 1. The second-order valence-corrected chi connectivity index (χ2v) is 14.3. The van der Waals surface area contributed by atoms with E-state index in [0.29, 0.717) is 13.2 Å². The van der Waals surface area contributed by atoms with Crippen molar-refractivity contribution >= 4 is 24.7 Å². The van der Waals surface area contributed by atoms with E-state index in [1.165, 1.54) is 10.4 Å². The van der Waals surface area contributed by atoms with Crippen molar-refractivity contribution in [2.75, 3.05) is 19.7 Å². The Bertz CT molecular complexity index is 1030. The van der Waals surface area contributed by atoms with Crippen LogP contribution in [0.3, 0.4) is 0 Å². The van der Waals surface area contributed by atoms with Gasteiger partial charge in [0.25, 0.3) is 8.32 Å². The number of ether oxygens (including phenoxy) is 1. The Balaban J connectivity index is 1.43. The van der Waals surface area contributed by atoms with Crippen molar-refractivity contribution in [3.63, 3.8) is 0 Å². The Morgan fingerprint density at radius 1 is 0.912 bits per heavy atom. The van der Waals surface area contributed by atoms with Crippen LogP contribution in [0.15, 0.2) is 91.0 Å². The van der Waals surface area contributed by atoms with Crippen LogP contribution in [0.25, 0.3) is 0 Å². The van der Waals surface area contributed by atoms with Crippen LogP contribution in [-0.2, 0) is 14.0 Å². The lowest BCUT2D eigenvalue weighted by atomic mass is 10.1. The molecule has 2 unspecified atom stereocenters. The molecule has 4 rings (SSSR count). The topological polar surface area (TPSA) is 38.5 Å². The predicted octanol–water partition coefficient (Wildman–Crippen LogP) is 4.55. The van der Waals surface area contributed by atoms with E-state index >= 15 is 0 Å². The van der Waals surface area contributed by atoms with Gasteiger partial charge in [0, 0.05) is 19.7 Å². The average Bonchev–Trinajstić information content (AvgIpc) is 3.62. The molecule has 0 N–H and O–H groups in total. The van der Waals surface area contributed by atoms with Gasteiger partial charge in [0.15, 0.2) is 0 Å². The summed E-state index contributed by atoms with van der Waals surface area (Å²) < 4.78 is 12.7. The Morgan fingerprint density at radius 2 is 1.41 bits per heavy atom. The maximum absolute atomic E-state index is 12.7. The minimum absolute atomic E-state index is 0.0575. The van der Waals surface area contributed by atoms with E-state index in [4.69, 9.17) is 9.16 Å². The summed E-state index contributed by atoms with van der Waals surface area (Å²) in [7, 11) is -2.55. The lowest BCUT2D eigenvalue weighted by Crippen LogP contribution is -2.66. The van der Waals surface area contributed by atoms with Gasteiger partial charge in [0.1, 0.15) is 12.1 Å². The number of esters is 1. The fraction of sp³-hybridized carbons (Fsp3) is 0.345. The van der Waals surface area contributed by atoms with Crippen LogP contribution in [0, 0.1) is 0 Å². The molecule has 0 aromatic heterocycles. The highest BCUT2D eigenvalue weighted by molar-refractivity contribution is 6.99. The zero-order chi connectivity index (χ0) is 24.2. The maximum atomic E-state index is 12.7. The minimum Gasteiger partial charge on any atom is -0.457 e. The van der Waals surface area contributed by atoms with Crippen LogP contribution in [-0.4, -0.2) is 44.9 Å². The first-order valence-corrected chi connectivity index (χ1v) is 14.0. The molecule has 0 radical (unpaired) electrons. The van der Waals surface area contributed by atoms with Crippen molar-refractivity contribution in [3.05, 3.63) is 96.6 Å². The summed E-state index contributed by atoms with van der Waals surface area (Å²) in [6, 6.07) is 31.0. The third-order valence-electron chi connectivity index (χ3n) is 6.66. The van der Waals surface area contributed by atoms with E-state index in [2.05, 4.69) is 86.3 Å². The van der Waals surface area contributed by atoms with Gasteiger partial charge in [-0.15, -0.1) is 0 Å². The number of benzene rings is 3. The smallest absolute Gasteiger partial charge is 0.325 e. The van der Waals surface area contributed by atoms with Gasteiger partial charge in [-0.1, -0.05) is 112 Å². The van der Waals surface area contributed by atoms with Crippen LogP contribution >= 0.6 is 0 Å². The van der Waals surface area contributed by atoms with Gasteiger partial charge >= 0.3 is 5.97 Å². The Hall–Kier alpha value is -2.73. The van der Waals surface area contributed by atoms with E-state index in [1.54, 1.807) is 0 Å². The Morgan fingerprint density at radius 3 is 1.91 bits per heavy atom.